The maximum atomic E-state index is 13.5. The second kappa shape index (κ2) is 8.50. The van der Waals surface area contributed by atoms with Crippen molar-refractivity contribution in [2.24, 2.45) is 0 Å². The molecule has 0 heterocycles. The van der Waals surface area contributed by atoms with Crippen LogP contribution in [0.3, 0.4) is 0 Å². The monoisotopic (exact) mass is 429 g/mol. The summed E-state index contributed by atoms with van der Waals surface area (Å²) in [4.78, 5) is 11.6. The van der Waals surface area contributed by atoms with Gasteiger partial charge in [0.15, 0.2) is 0 Å². The Morgan fingerprint density at radius 1 is 1.11 bits per heavy atom. The summed E-state index contributed by atoms with van der Waals surface area (Å²) in [7, 11) is -4.28. The molecule has 0 aliphatic carbocycles. The number of aliphatic carboxylic acids is 1. The van der Waals surface area contributed by atoms with Crippen molar-refractivity contribution in [1.82, 2.24) is 0 Å². The van der Waals surface area contributed by atoms with Gasteiger partial charge in [-0.2, -0.15) is 0 Å². The van der Waals surface area contributed by atoms with Gasteiger partial charge in [0.25, 0.3) is 10.0 Å². The van der Waals surface area contributed by atoms with Crippen LogP contribution in [0.4, 0.5) is 5.69 Å². The molecule has 0 aromatic heterocycles. The maximum absolute atomic E-state index is 13.5. The van der Waals surface area contributed by atoms with Gasteiger partial charge in [-0.25, -0.2) is 13.2 Å². The zero-order valence-electron chi connectivity index (χ0n) is 15.2. The van der Waals surface area contributed by atoms with E-state index in [0.717, 1.165) is 15.4 Å². The van der Waals surface area contributed by atoms with E-state index in [1.54, 1.807) is 12.1 Å². The van der Waals surface area contributed by atoms with Crippen molar-refractivity contribution in [1.29, 1.82) is 0 Å². The van der Waals surface area contributed by atoms with Crippen LogP contribution in [0.1, 0.15) is 31.9 Å². The summed E-state index contributed by atoms with van der Waals surface area (Å²) in [6.07, 6.45) is 1.09. The zero-order chi connectivity index (χ0) is 20.4. The molecule has 2 rings (SSSR count). The van der Waals surface area contributed by atoms with Crippen molar-refractivity contribution in [3.63, 3.8) is 0 Å². The van der Waals surface area contributed by atoms with E-state index in [9.17, 15) is 18.3 Å². The first-order chi connectivity index (χ1) is 12.6. The fraction of sp³-hybridized carbons (Fsp3) is 0.316. The molecule has 146 valence electrons. The van der Waals surface area contributed by atoms with Gasteiger partial charge in [0, 0.05) is 5.02 Å². The Labute approximate surface area is 169 Å². The summed E-state index contributed by atoms with van der Waals surface area (Å²) in [6.45, 7) is 5.12. The second-order valence-corrected chi connectivity index (χ2v) is 8.65. The van der Waals surface area contributed by atoms with Crippen molar-refractivity contribution in [2.75, 3.05) is 4.31 Å². The predicted octanol–water partition coefficient (Wildman–Crippen LogP) is 4.79. The molecule has 2 aromatic rings. The Morgan fingerprint density at radius 2 is 1.67 bits per heavy atom. The second-order valence-electron chi connectivity index (χ2n) is 6.02. The highest BCUT2D eigenvalue weighted by Gasteiger charge is 2.36. The quantitative estimate of drug-likeness (QED) is 0.686. The highest BCUT2D eigenvalue weighted by Crippen LogP contribution is 2.36. The predicted molar refractivity (Wildman–Crippen MR) is 108 cm³/mol. The molecule has 5 nitrogen and oxygen atoms in total. The SMILES string of the molecule is CCc1cccc(CC)c1N(C(C)C(=O)O)S(=O)(=O)c1cc(Cl)ccc1Cl. The number of aryl methyl sites for hydroxylation is 2. The number of carboxylic acid groups (broad SMARTS) is 1. The molecular formula is C19H21Cl2NO4S. The molecule has 27 heavy (non-hydrogen) atoms. The van der Waals surface area contributed by atoms with Crippen LogP contribution < -0.4 is 4.31 Å². The largest absolute Gasteiger partial charge is 0.480 e. The van der Waals surface area contributed by atoms with Crippen LogP contribution in [-0.4, -0.2) is 25.5 Å². The fourth-order valence-corrected chi connectivity index (χ4v) is 5.33. The number of benzene rings is 2. The molecule has 1 N–H and O–H groups in total. The standard InChI is InChI=1S/C19H21Cl2NO4S/c1-4-13-7-6-8-14(5-2)18(13)22(12(3)19(23)24)27(25,26)17-11-15(20)9-10-16(17)21/h6-12H,4-5H2,1-3H3,(H,23,24). The Kier molecular flexibility index (Phi) is 6.78. The minimum atomic E-state index is -4.28. The van der Waals surface area contributed by atoms with Crippen LogP contribution in [0.15, 0.2) is 41.3 Å². The third-order valence-corrected chi connectivity index (χ3v) is 6.91. The van der Waals surface area contributed by atoms with Gasteiger partial charge >= 0.3 is 5.97 Å². The molecule has 0 amide bonds. The Hall–Kier alpha value is -1.76. The third-order valence-electron chi connectivity index (χ3n) is 4.32. The minimum Gasteiger partial charge on any atom is -0.480 e. The lowest BCUT2D eigenvalue weighted by Crippen LogP contribution is -2.44. The number of rotatable bonds is 7. The van der Waals surface area contributed by atoms with Crippen molar-refractivity contribution < 1.29 is 18.3 Å². The first-order valence-corrected chi connectivity index (χ1v) is 10.7. The summed E-state index contributed by atoms with van der Waals surface area (Å²) in [6, 6.07) is 8.20. The number of anilines is 1. The van der Waals surface area contributed by atoms with E-state index >= 15 is 0 Å². The summed E-state index contributed by atoms with van der Waals surface area (Å²) >= 11 is 12.1. The van der Waals surface area contributed by atoms with Crippen molar-refractivity contribution in [2.45, 2.75) is 44.6 Å². The molecule has 0 radical (unpaired) electrons. The number of nitrogens with zero attached hydrogens (tertiary/aromatic N) is 1. The van der Waals surface area contributed by atoms with Gasteiger partial charge in [0.05, 0.1) is 10.7 Å². The lowest BCUT2D eigenvalue weighted by molar-refractivity contribution is -0.137. The molecule has 0 bridgehead atoms. The molecule has 1 unspecified atom stereocenters. The molecule has 1 atom stereocenters. The molecule has 0 saturated carbocycles. The summed E-state index contributed by atoms with van der Waals surface area (Å²) < 4.78 is 28.0. The molecular weight excluding hydrogens is 409 g/mol. The van der Waals surface area contributed by atoms with Crippen LogP contribution in [0.5, 0.6) is 0 Å². The Balaban J connectivity index is 2.86. The van der Waals surface area contributed by atoms with Gasteiger partial charge in [-0.1, -0.05) is 55.2 Å². The first kappa shape index (κ1) is 21.5. The first-order valence-electron chi connectivity index (χ1n) is 8.48. The maximum Gasteiger partial charge on any atom is 0.327 e. The summed E-state index contributed by atoms with van der Waals surface area (Å²) in [5, 5.41) is 9.79. The molecule has 0 spiro atoms. The minimum absolute atomic E-state index is 0.0194. The van der Waals surface area contributed by atoms with E-state index in [-0.39, 0.29) is 14.9 Å². The number of carboxylic acids is 1. The van der Waals surface area contributed by atoms with E-state index in [0.29, 0.717) is 18.5 Å². The molecule has 2 aromatic carbocycles. The lowest BCUT2D eigenvalue weighted by Gasteiger charge is -2.32. The lowest BCUT2D eigenvalue weighted by atomic mass is 10.0. The van der Waals surface area contributed by atoms with E-state index in [2.05, 4.69) is 0 Å². The van der Waals surface area contributed by atoms with Crippen molar-refractivity contribution in [3.05, 3.63) is 57.6 Å². The van der Waals surface area contributed by atoms with E-state index in [4.69, 9.17) is 23.2 Å². The fourth-order valence-electron chi connectivity index (χ4n) is 2.90. The van der Waals surface area contributed by atoms with E-state index in [1.165, 1.54) is 25.1 Å². The average Bonchev–Trinajstić information content (AvgIpc) is 2.63. The van der Waals surface area contributed by atoms with Gasteiger partial charge in [0.1, 0.15) is 10.9 Å². The zero-order valence-corrected chi connectivity index (χ0v) is 17.6. The highest BCUT2D eigenvalue weighted by atomic mass is 35.5. The van der Waals surface area contributed by atoms with Crippen molar-refractivity contribution >= 4 is 44.9 Å². The summed E-state index contributed by atoms with van der Waals surface area (Å²) in [5.41, 5.74) is 1.86. The molecule has 0 fully saturated rings. The van der Waals surface area contributed by atoms with Gasteiger partial charge in [0.2, 0.25) is 0 Å². The van der Waals surface area contributed by atoms with Crippen LogP contribution in [0.2, 0.25) is 10.0 Å². The van der Waals surface area contributed by atoms with Gasteiger partial charge in [-0.3, -0.25) is 4.31 Å². The van der Waals surface area contributed by atoms with E-state index < -0.39 is 22.0 Å². The van der Waals surface area contributed by atoms with Gasteiger partial charge in [-0.05, 0) is 49.1 Å². The van der Waals surface area contributed by atoms with E-state index in [1.807, 2.05) is 19.9 Å². The normalized spacial score (nSPS) is 12.6. The molecule has 0 aliphatic rings. The number of halogens is 2. The van der Waals surface area contributed by atoms with Gasteiger partial charge < -0.3 is 5.11 Å². The highest BCUT2D eigenvalue weighted by molar-refractivity contribution is 7.93. The Bertz CT molecular complexity index is 938. The molecule has 0 aliphatic heterocycles. The van der Waals surface area contributed by atoms with Crippen LogP contribution in [0, 0.1) is 0 Å². The molecule has 0 saturated heterocycles. The number of hydrogen-bond donors (Lipinski definition) is 1. The number of para-hydroxylation sites is 1. The van der Waals surface area contributed by atoms with Crippen LogP contribution in [0.25, 0.3) is 0 Å². The average molecular weight is 430 g/mol. The number of hydrogen-bond acceptors (Lipinski definition) is 3. The van der Waals surface area contributed by atoms with Crippen LogP contribution in [-0.2, 0) is 27.7 Å². The van der Waals surface area contributed by atoms with Crippen LogP contribution >= 0.6 is 23.2 Å². The summed E-state index contributed by atoms with van der Waals surface area (Å²) in [5.74, 6) is -1.26. The third kappa shape index (κ3) is 4.23. The smallest absolute Gasteiger partial charge is 0.327 e. The van der Waals surface area contributed by atoms with Gasteiger partial charge in [-0.15, -0.1) is 0 Å². The number of carbonyl (C=O) groups is 1. The Morgan fingerprint density at radius 3 is 2.15 bits per heavy atom. The van der Waals surface area contributed by atoms with Crippen molar-refractivity contribution in [3.8, 4) is 0 Å². The number of sulfonamides is 1. The topological polar surface area (TPSA) is 74.7 Å². The molecule has 8 heteroatoms.